The zero-order valence-corrected chi connectivity index (χ0v) is 20.1. The van der Waals surface area contributed by atoms with E-state index in [4.69, 9.17) is 33.3 Å². The number of carbonyl (C=O) groups is 1. The highest BCUT2D eigenvalue weighted by atomic mass is 35.5. The molecule has 2 heterocycles. The molecule has 2 aromatic heterocycles. The molecule has 6 nitrogen and oxygen atoms in total. The molecule has 5 aromatic rings. The summed E-state index contributed by atoms with van der Waals surface area (Å²) in [6, 6.07) is 25.9. The van der Waals surface area contributed by atoms with Crippen molar-refractivity contribution in [3.8, 4) is 16.9 Å². The van der Waals surface area contributed by atoms with Crippen molar-refractivity contribution in [3.05, 3.63) is 112 Å². The Morgan fingerprint density at radius 3 is 2.29 bits per heavy atom. The Labute approximate surface area is 211 Å². The number of pyridine rings is 1. The lowest BCUT2D eigenvalue weighted by Gasteiger charge is -2.09. The molecule has 3 aromatic carbocycles. The van der Waals surface area contributed by atoms with Crippen molar-refractivity contribution in [1.82, 2.24) is 20.2 Å². The second kappa shape index (κ2) is 9.70. The van der Waals surface area contributed by atoms with Crippen LogP contribution in [0.15, 0.2) is 90.0 Å². The molecule has 1 amide bonds. The summed E-state index contributed by atoms with van der Waals surface area (Å²) in [5.41, 5.74) is 7.42. The third kappa shape index (κ3) is 4.80. The van der Waals surface area contributed by atoms with E-state index in [0.717, 1.165) is 16.8 Å². The van der Waals surface area contributed by atoms with Gasteiger partial charge in [0.05, 0.1) is 34.2 Å². The maximum Gasteiger partial charge on any atom is 0.272 e. The van der Waals surface area contributed by atoms with Gasteiger partial charge in [-0.05, 0) is 55.0 Å². The molecule has 1 N–H and O–H groups in total. The molecule has 0 aliphatic rings. The van der Waals surface area contributed by atoms with Crippen LogP contribution in [-0.2, 0) is 0 Å². The first-order valence-electron chi connectivity index (χ1n) is 10.8. The third-order valence-electron chi connectivity index (χ3n) is 5.45. The van der Waals surface area contributed by atoms with E-state index in [-0.39, 0.29) is 5.91 Å². The van der Waals surface area contributed by atoms with E-state index < -0.39 is 0 Å². The molecule has 0 saturated heterocycles. The van der Waals surface area contributed by atoms with Crippen molar-refractivity contribution < 1.29 is 4.79 Å². The number of nitrogens with zero attached hydrogens (tertiary/aromatic N) is 4. The largest absolute Gasteiger partial charge is 0.272 e. The molecule has 35 heavy (non-hydrogen) atoms. The van der Waals surface area contributed by atoms with Crippen LogP contribution in [0.2, 0.25) is 10.0 Å². The highest BCUT2D eigenvalue weighted by molar-refractivity contribution is 6.31. The molecular formula is C27H19Cl2N5O. The Bertz CT molecular complexity index is 1540. The Morgan fingerprint density at radius 1 is 0.943 bits per heavy atom. The zero-order chi connectivity index (χ0) is 24.4. The van der Waals surface area contributed by atoms with Gasteiger partial charge in [-0.25, -0.2) is 15.1 Å². The van der Waals surface area contributed by atoms with Crippen molar-refractivity contribution in [2.45, 2.75) is 6.92 Å². The van der Waals surface area contributed by atoms with Gasteiger partial charge in [0, 0.05) is 15.6 Å². The standard InChI is InChI=1S/C27H19Cl2N5O/c1-17-25-23(27(35)32-30-16-18-7-11-20(28)12-8-18)15-24(19-9-13-21(29)14-10-19)31-26(25)34(33-17)22-5-3-2-4-6-22/h2-16H,1H3,(H,32,35). The normalized spacial score (nSPS) is 11.3. The predicted molar refractivity (Wildman–Crippen MR) is 141 cm³/mol. The van der Waals surface area contributed by atoms with Crippen LogP contribution in [0.4, 0.5) is 0 Å². The molecule has 0 spiro atoms. The quantitative estimate of drug-likeness (QED) is 0.222. The first-order valence-corrected chi connectivity index (χ1v) is 11.6. The number of benzene rings is 3. The molecular weight excluding hydrogens is 481 g/mol. The summed E-state index contributed by atoms with van der Waals surface area (Å²) >= 11 is 12.0. The van der Waals surface area contributed by atoms with Crippen LogP contribution < -0.4 is 5.43 Å². The van der Waals surface area contributed by atoms with Crippen LogP contribution in [0, 0.1) is 6.92 Å². The second-order valence-corrected chi connectivity index (χ2v) is 8.72. The number of hydrogen-bond acceptors (Lipinski definition) is 4. The minimum Gasteiger partial charge on any atom is -0.267 e. The number of amides is 1. The molecule has 0 bridgehead atoms. The molecule has 0 aliphatic carbocycles. The molecule has 5 rings (SSSR count). The number of fused-ring (bicyclic) bond motifs is 1. The van der Waals surface area contributed by atoms with Gasteiger partial charge in [-0.3, -0.25) is 4.79 Å². The Hall–Kier alpha value is -4.00. The maximum absolute atomic E-state index is 13.3. The van der Waals surface area contributed by atoms with E-state index in [1.807, 2.05) is 61.5 Å². The van der Waals surface area contributed by atoms with Crippen molar-refractivity contribution in [1.29, 1.82) is 0 Å². The van der Waals surface area contributed by atoms with Crippen LogP contribution in [0.1, 0.15) is 21.6 Å². The van der Waals surface area contributed by atoms with Gasteiger partial charge in [0.15, 0.2) is 5.65 Å². The molecule has 0 aliphatic heterocycles. The number of rotatable bonds is 5. The highest BCUT2D eigenvalue weighted by Crippen LogP contribution is 2.29. The van der Waals surface area contributed by atoms with E-state index in [1.165, 1.54) is 0 Å². The fourth-order valence-electron chi connectivity index (χ4n) is 3.76. The molecule has 172 valence electrons. The molecule has 0 unspecified atom stereocenters. The van der Waals surface area contributed by atoms with E-state index in [2.05, 4.69) is 10.5 Å². The number of hydrazone groups is 1. The van der Waals surface area contributed by atoms with Crippen molar-refractivity contribution in [3.63, 3.8) is 0 Å². The fraction of sp³-hybridized carbons (Fsp3) is 0.0370. The second-order valence-electron chi connectivity index (χ2n) is 7.84. The van der Waals surface area contributed by atoms with Crippen LogP contribution >= 0.6 is 23.2 Å². The van der Waals surface area contributed by atoms with E-state index in [9.17, 15) is 4.79 Å². The number of hydrogen-bond donors (Lipinski definition) is 1. The lowest BCUT2D eigenvalue weighted by Crippen LogP contribution is -2.18. The van der Waals surface area contributed by atoms with Gasteiger partial charge in [-0.1, -0.05) is 65.7 Å². The molecule has 8 heteroatoms. The van der Waals surface area contributed by atoms with Gasteiger partial charge in [0.25, 0.3) is 5.91 Å². The number of nitrogens with one attached hydrogen (secondary N) is 1. The molecule has 0 fully saturated rings. The van der Waals surface area contributed by atoms with Crippen molar-refractivity contribution in [2.75, 3.05) is 0 Å². The summed E-state index contributed by atoms with van der Waals surface area (Å²) in [7, 11) is 0. The topological polar surface area (TPSA) is 72.2 Å². The van der Waals surface area contributed by atoms with E-state index in [0.29, 0.717) is 38.0 Å². The third-order valence-corrected chi connectivity index (χ3v) is 5.95. The number of aryl methyl sites for hydroxylation is 1. The van der Waals surface area contributed by atoms with Gasteiger partial charge < -0.3 is 0 Å². The first-order chi connectivity index (χ1) is 17.0. The van der Waals surface area contributed by atoms with Crippen molar-refractivity contribution >= 4 is 46.4 Å². The van der Waals surface area contributed by atoms with Gasteiger partial charge in [0.1, 0.15) is 0 Å². The summed E-state index contributed by atoms with van der Waals surface area (Å²) < 4.78 is 1.75. The fourth-order valence-corrected chi connectivity index (χ4v) is 4.01. The summed E-state index contributed by atoms with van der Waals surface area (Å²) in [4.78, 5) is 18.2. The molecule has 0 atom stereocenters. The lowest BCUT2D eigenvalue weighted by atomic mass is 10.1. The minimum absolute atomic E-state index is 0.367. The maximum atomic E-state index is 13.3. The zero-order valence-electron chi connectivity index (χ0n) is 18.6. The van der Waals surface area contributed by atoms with Gasteiger partial charge in [-0.2, -0.15) is 10.2 Å². The van der Waals surface area contributed by atoms with Crippen LogP contribution in [-0.4, -0.2) is 26.9 Å². The lowest BCUT2D eigenvalue weighted by molar-refractivity contribution is 0.0956. The van der Waals surface area contributed by atoms with Gasteiger partial charge in [-0.15, -0.1) is 0 Å². The monoisotopic (exact) mass is 499 g/mol. The van der Waals surface area contributed by atoms with E-state index >= 15 is 0 Å². The minimum atomic E-state index is -0.367. The molecule has 0 saturated carbocycles. The molecule has 0 radical (unpaired) electrons. The average Bonchev–Trinajstić information content (AvgIpc) is 3.22. The first kappa shape index (κ1) is 22.8. The Morgan fingerprint density at radius 2 is 1.60 bits per heavy atom. The Balaban J connectivity index is 1.61. The number of carbonyl (C=O) groups excluding carboxylic acids is 1. The highest BCUT2D eigenvalue weighted by Gasteiger charge is 2.21. The number of para-hydroxylation sites is 1. The summed E-state index contributed by atoms with van der Waals surface area (Å²) in [6.07, 6.45) is 1.56. The average molecular weight is 500 g/mol. The van der Waals surface area contributed by atoms with Crippen LogP contribution in [0.5, 0.6) is 0 Å². The summed E-state index contributed by atoms with van der Waals surface area (Å²) in [5.74, 6) is -0.367. The Kier molecular flexibility index (Phi) is 6.31. The van der Waals surface area contributed by atoms with Gasteiger partial charge >= 0.3 is 0 Å². The van der Waals surface area contributed by atoms with Crippen molar-refractivity contribution in [2.24, 2.45) is 5.10 Å². The van der Waals surface area contributed by atoms with Gasteiger partial charge in [0.2, 0.25) is 0 Å². The summed E-state index contributed by atoms with van der Waals surface area (Å²) in [5, 5.41) is 10.7. The van der Waals surface area contributed by atoms with E-state index in [1.54, 1.807) is 41.2 Å². The smallest absolute Gasteiger partial charge is 0.267 e. The SMILES string of the molecule is Cc1nn(-c2ccccc2)c2nc(-c3ccc(Cl)cc3)cc(C(=O)NN=Cc3ccc(Cl)cc3)c12. The number of halogens is 2. The van der Waals surface area contributed by atoms with Crippen LogP contribution in [0.3, 0.4) is 0 Å². The van der Waals surface area contributed by atoms with Crippen LogP contribution in [0.25, 0.3) is 28.0 Å². The number of aromatic nitrogens is 3. The summed E-state index contributed by atoms with van der Waals surface area (Å²) in [6.45, 7) is 1.86. The predicted octanol–water partition coefficient (Wildman–Crippen LogP) is 6.47.